The topological polar surface area (TPSA) is 4.93 Å². The van der Waals surface area contributed by atoms with Gasteiger partial charge in [0.25, 0.3) is 0 Å². The standard InChI is InChI=1S/C44H27NS/c1-3-11-28(12-4-1)33-21-23-37-39(27-33)45(34-15-5-2-6-16-34)43-36-18-10-9-17-35(36)41-38-26-32(22-24-40(38)46-44(41)42(37)43)31-20-19-29-13-7-8-14-30(29)25-31/h1-27H. The van der Waals surface area contributed by atoms with Crippen molar-refractivity contribution in [1.82, 2.24) is 4.57 Å². The van der Waals surface area contributed by atoms with Gasteiger partial charge in [-0.15, -0.1) is 11.3 Å². The minimum Gasteiger partial charge on any atom is -0.309 e. The molecule has 1 nitrogen and oxygen atoms in total. The first-order valence-corrected chi connectivity index (χ1v) is 16.6. The highest BCUT2D eigenvalue weighted by atomic mass is 32.1. The Morgan fingerprint density at radius 3 is 1.89 bits per heavy atom. The Morgan fingerprint density at radius 1 is 0.391 bits per heavy atom. The molecule has 0 fully saturated rings. The molecule has 2 heteroatoms. The highest BCUT2D eigenvalue weighted by Crippen LogP contribution is 2.49. The van der Waals surface area contributed by atoms with Crippen LogP contribution >= 0.6 is 11.3 Å². The van der Waals surface area contributed by atoms with Gasteiger partial charge in [-0.2, -0.15) is 0 Å². The van der Waals surface area contributed by atoms with Crippen molar-refractivity contribution >= 4 is 74.9 Å². The SMILES string of the molecule is c1ccc(-c2ccc3c4c5sc6ccc(-c7ccc8ccccc8c7)cc6c5c5ccccc5c4n(-c4ccccc4)c3c2)cc1. The molecule has 46 heavy (non-hydrogen) atoms. The van der Waals surface area contributed by atoms with E-state index < -0.39 is 0 Å². The number of benzene rings is 8. The average molecular weight is 602 g/mol. The van der Waals surface area contributed by atoms with Crippen molar-refractivity contribution in [1.29, 1.82) is 0 Å². The second-order valence-electron chi connectivity index (χ2n) is 12.1. The van der Waals surface area contributed by atoms with Crippen molar-refractivity contribution in [3.8, 4) is 27.9 Å². The van der Waals surface area contributed by atoms with Crippen molar-refractivity contribution in [2.24, 2.45) is 0 Å². The van der Waals surface area contributed by atoms with Gasteiger partial charge in [0, 0.05) is 42.0 Å². The summed E-state index contributed by atoms with van der Waals surface area (Å²) in [6.45, 7) is 0. The van der Waals surface area contributed by atoms with E-state index in [1.807, 2.05) is 11.3 Å². The molecule has 0 aliphatic heterocycles. The van der Waals surface area contributed by atoms with E-state index in [1.165, 1.54) is 91.5 Å². The lowest BCUT2D eigenvalue weighted by Crippen LogP contribution is -1.94. The van der Waals surface area contributed by atoms with Gasteiger partial charge in [-0.05, 0) is 74.8 Å². The van der Waals surface area contributed by atoms with Gasteiger partial charge in [-0.1, -0.05) is 127 Å². The maximum Gasteiger partial charge on any atom is 0.0634 e. The van der Waals surface area contributed by atoms with Crippen LogP contribution in [0.15, 0.2) is 164 Å². The zero-order valence-electron chi connectivity index (χ0n) is 24.9. The first-order valence-electron chi connectivity index (χ1n) is 15.8. The van der Waals surface area contributed by atoms with Crippen LogP contribution in [0.25, 0.3) is 91.5 Å². The lowest BCUT2D eigenvalue weighted by atomic mass is 9.96. The van der Waals surface area contributed by atoms with Gasteiger partial charge >= 0.3 is 0 Å². The quantitative estimate of drug-likeness (QED) is 0.190. The lowest BCUT2D eigenvalue weighted by molar-refractivity contribution is 1.19. The molecule has 0 radical (unpaired) electrons. The summed E-state index contributed by atoms with van der Waals surface area (Å²) in [6, 6.07) is 60.0. The number of nitrogens with zero attached hydrogens (tertiary/aromatic N) is 1. The summed E-state index contributed by atoms with van der Waals surface area (Å²) in [4.78, 5) is 0. The molecule has 214 valence electrons. The Kier molecular flexibility index (Phi) is 5.51. The summed E-state index contributed by atoms with van der Waals surface area (Å²) in [7, 11) is 0. The maximum absolute atomic E-state index is 2.49. The van der Waals surface area contributed by atoms with Gasteiger partial charge < -0.3 is 4.57 Å². The van der Waals surface area contributed by atoms with Gasteiger partial charge in [0.1, 0.15) is 0 Å². The molecule has 8 aromatic carbocycles. The fourth-order valence-corrected chi connectivity index (χ4v) is 8.68. The van der Waals surface area contributed by atoms with Gasteiger partial charge in [-0.25, -0.2) is 0 Å². The van der Waals surface area contributed by atoms with Crippen LogP contribution in [0.3, 0.4) is 0 Å². The van der Waals surface area contributed by atoms with E-state index in [9.17, 15) is 0 Å². The number of para-hydroxylation sites is 1. The summed E-state index contributed by atoms with van der Waals surface area (Å²) in [6.07, 6.45) is 0. The van der Waals surface area contributed by atoms with Crippen LogP contribution in [-0.2, 0) is 0 Å². The molecule has 2 aromatic heterocycles. The number of rotatable bonds is 3. The molecular weight excluding hydrogens is 575 g/mol. The molecule has 2 heterocycles. The molecule has 10 rings (SSSR count). The fourth-order valence-electron chi connectivity index (χ4n) is 7.43. The van der Waals surface area contributed by atoms with E-state index in [2.05, 4.69) is 168 Å². The molecule has 0 N–H and O–H groups in total. The summed E-state index contributed by atoms with van der Waals surface area (Å²) in [5, 5.41) is 10.4. The molecule has 0 aliphatic carbocycles. The Labute approximate surface area is 270 Å². The maximum atomic E-state index is 2.49. The van der Waals surface area contributed by atoms with E-state index in [0.717, 1.165) is 0 Å². The van der Waals surface area contributed by atoms with E-state index in [1.54, 1.807) is 0 Å². The second kappa shape index (κ2) is 9.90. The zero-order valence-corrected chi connectivity index (χ0v) is 25.8. The van der Waals surface area contributed by atoms with Crippen LogP contribution in [0.4, 0.5) is 0 Å². The molecule has 0 saturated heterocycles. The van der Waals surface area contributed by atoms with Crippen LogP contribution < -0.4 is 0 Å². The second-order valence-corrected chi connectivity index (χ2v) is 13.2. The van der Waals surface area contributed by atoms with Crippen molar-refractivity contribution < 1.29 is 0 Å². The van der Waals surface area contributed by atoms with Crippen molar-refractivity contribution in [2.75, 3.05) is 0 Å². The summed E-state index contributed by atoms with van der Waals surface area (Å²) < 4.78 is 5.16. The summed E-state index contributed by atoms with van der Waals surface area (Å²) >= 11 is 1.92. The van der Waals surface area contributed by atoms with Crippen LogP contribution in [0.5, 0.6) is 0 Å². The highest BCUT2D eigenvalue weighted by Gasteiger charge is 2.22. The fraction of sp³-hybridized carbons (Fsp3) is 0. The minimum absolute atomic E-state index is 1.18. The van der Waals surface area contributed by atoms with E-state index in [4.69, 9.17) is 0 Å². The van der Waals surface area contributed by atoms with Gasteiger partial charge in [0.05, 0.1) is 11.0 Å². The van der Waals surface area contributed by atoms with Crippen LogP contribution in [-0.4, -0.2) is 4.57 Å². The molecule has 0 aliphatic rings. The molecule has 0 saturated carbocycles. The van der Waals surface area contributed by atoms with E-state index in [-0.39, 0.29) is 0 Å². The number of fused-ring (bicyclic) bond motifs is 11. The van der Waals surface area contributed by atoms with E-state index >= 15 is 0 Å². The van der Waals surface area contributed by atoms with Crippen LogP contribution in [0, 0.1) is 0 Å². The number of thiophene rings is 1. The number of hydrogen-bond donors (Lipinski definition) is 0. The summed E-state index contributed by atoms with van der Waals surface area (Å²) in [5.41, 5.74) is 8.64. The Morgan fingerprint density at radius 2 is 1.04 bits per heavy atom. The van der Waals surface area contributed by atoms with Gasteiger partial charge in [-0.3, -0.25) is 0 Å². The largest absolute Gasteiger partial charge is 0.309 e. The third-order valence-electron chi connectivity index (χ3n) is 9.54. The Balaban J connectivity index is 1.34. The number of aromatic nitrogens is 1. The molecule has 0 amide bonds. The molecular formula is C44H27NS. The van der Waals surface area contributed by atoms with Crippen molar-refractivity contribution in [2.45, 2.75) is 0 Å². The lowest BCUT2D eigenvalue weighted by Gasteiger charge is -2.11. The monoisotopic (exact) mass is 601 g/mol. The first-order chi connectivity index (χ1) is 22.8. The average Bonchev–Trinajstić information content (AvgIpc) is 3.68. The van der Waals surface area contributed by atoms with Gasteiger partial charge in [0.15, 0.2) is 0 Å². The molecule has 0 unspecified atom stereocenters. The predicted octanol–water partition coefficient (Wildman–Crippen LogP) is 12.8. The number of hydrogen-bond acceptors (Lipinski definition) is 1. The smallest absolute Gasteiger partial charge is 0.0634 e. The molecule has 0 bridgehead atoms. The summed E-state index contributed by atoms with van der Waals surface area (Å²) in [5.74, 6) is 0. The Bertz CT molecular complexity index is 2790. The molecule has 0 atom stereocenters. The Hall–Kier alpha value is -5.70. The third kappa shape index (κ3) is 3.74. The normalized spacial score (nSPS) is 11.9. The van der Waals surface area contributed by atoms with Crippen molar-refractivity contribution in [3.05, 3.63) is 164 Å². The predicted molar refractivity (Wildman–Crippen MR) is 200 cm³/mol. The van der Waals surface area contributed by atoms with Crippen LogP contribution in [0.2, 0.25) is 0 Å². The van der Waals surface area contributed by atoms with Crippen LogP contribution in [0.1, 0.15) is 0 Å². The zero-order chi connectivity index (χ0) is 30.2. The van der Waals surface area contributed by atoms with Gasteiger partial charge in [0.2, 0.25) is 0 Å². The van der Waals surface area contributed by atoms with E-state index in [0.29, 0.717) is 0 Å². The first kappa shape index (κ1) is 25.6. The highest BCUT2D eigenvalue weighted by molar-refractivity contribution is 7.27. The third-order valence-corrected chi connectivity index (χ3v) is 10.7. The molecule has 10 aromatic rings. The minimum atomic E-state index is 1.18. The van der Waals surface area contributed by atoms with Crippen molar-refractivity contribution in [3.63, 3.8) is 0 Å². The molecule has 0 spiro atoms.